The molecule has 2 N–H and O–H groups in total. The third kappa shape index (κ3) is 5.76. The Morgan fingerprint density at radius 1 is 1.22 bits per heavy atom. The average Bonchev–Trinajstić information content (AvgIpc) is 2.81. The Balaban J connectivity index is 1.81. The van der Waals surface area contributed by atoms with Gasteiger partial charge in [-0.05, 0) is 55.3 Å². The first-order valence-electron chi connectivity index (χ1n) is 11.7. The first-order chi connectivity index (χ1) is 17.5. The van der Waals surface area contributed by atoms with E-state index in [1.165, 1.54) is 33.3 Å². The van der Waals surface area contributed by atoms with Crippen LogP contribution in [0.15, 0.2) is 39.5 Å². The number of rotatable bonds is 8. The van der Waals surface area contributed by atoms with Crippen molar-refractivity contribution >= 4 is 33.0 Å². The normalized spacial score (nSPS) is 13.9. The molecule has 1 saturated heterocycles. The molecule has 1 aromatic heterocycles. The van der Waals surface area contributed by atoms with Crippen molar-refractivity contribution in [2.45, 2.75) is 26.3 Å². The van der Waals surface area contributed by atoms with Crippen LogP contribution in [0.5, 0.6) is 5.75 Å². The summed E-state index contributed by atoms with van der Waals surface area (Å²) in [4.78, 5) is 28.5. The van der Waals surface area contributed by atoms with E-state index in [0.29, 0.717) is 39.9 Å². The zero-order chi connectivity index (χ0) is 26.9. The predicted octanol–water partition coefficient (Wildman–Crippen LogP) is 2.97. The number of amides is 1. The van der Waals surface area contributed by atoms with E-state index in [2.05, 4.69) is 14.3 Å². The Morgan fingerprint density at radius 3 is 2.57 bits per heavy atom. The highest BCUT2D eigenvalue weighted by Gasteiger charge is 2.24. The Hall–Kier alpha value is -3.48. The second-order valence-corrected chi connectivity index (χ2v) is 10.7. The van der Waals surface area contributed by atoms with Gasteiger partial charge in [0.1, 0.15) is 5.58 Å². The molecular weight excluding hydrogens is 503 g/mol. The molecule has 0 aliphatic carbocycles. The van der Waals surface area contributed by atoms with Crippen molar-refractivity contribution < 1.29 is 26.8 Å². The minimum atomic E-state index is -3.73. The summed E-state index contributed by atoms with van der Waals surface area (Å²) in [6, 6.07) is 7.56. The molecule has 0 unspecified atom stereocenters. The molecule has 0 bridgehead atoms. The zero-order valence-corrected chi connectivity index (χ0v) is 21.9. The Kier molecular flexibility index (Phi) is 7.53. The average molecular weight is 533 g/mol. The fraction of sp³-hybridized carbons (Fsp3) is 0.360. The van der Waals surface area contributed by atoms with Crippen LogP contribution in [0.25, 0.3) is 11.0 Å². The molecule has 0 atom stereocenters. The fourth-order valence-electron chi connectivity index (χ4n) is 4.06. The molecule has 12 heteroatoms. The third-order valence-electron chi connectivity index (χ3n) is 6.39. The maximum Gasteiger partial charge on any atom is 0.414 e. The number of fused-ring (bicyclic) bond motifs is 1. The van der Waals surface area contributed by atoms with Gasteiger partial charge in [-0.25, -0.2) is 18.7 Å². The predicted molar refractivity (Wildman–Crippen MR) is 138 cm³/mol. The topological polar surface area (TPSA) is 121 Å². The summed E-state index contributed by atoms with van der Waals surface area (Å²) in [5.41, 5.74) is 2.22. The molecule has 2 aromatic carbocycles. The van der Waals surface area contributed by atoms with Crippen molar-refractivity contribution in [3.05, 3.63) is 68.8 Å². The highest BCUT2D eigenvalue weighted by Crippen LogP contribution is 2.31. The lowest BCUT2D eigenvalue weighted by Crippen LogP contribution is -2.37. The highest BCUT2D eigenvalue weighted by atomic mass is 32.2. The fourth-order valence-corrected chi connectivity index (χ4v) is 4.67. The van der Waals surface area contributed by atoms with Crippen molar-refractivity contribution in [3.63, 3.8) is 0 Å². The highest BCUT2D eigenvalue weighted by molar-refractivity contribution is 7.90. The molecule has 198 valence electrons. The molecule has 0 spiro atoms. The van der Waals surface area contributed by atoms with Gasteiger partial charge >= 0.3 is 11.7 Å². The van der Waals surface area contributed by atoms with Gasteiger partial charge < -0.3 is 14.1 Å². The molecule has 1 aliphatic rings. The Bertz CT molecular complexity index is 1520. The molecule has 4 rings (SSSR count). The second kappa shape index (κ2) is 10.5. The Labute approximate surface area is 214 Å². The number of anilines is 1. The van der Waals surface area contributed by atoms with Crippen molar-refractivity contribution in [3.8, 4) is 5.75 Å². The molecule has 1 fully saturated rings. The van der Waals surface area contributed by atoms with Crippen molar-refractivity contribution in [1.29, 1.82) is 0 Å². The summed E-state index contributed by atoms with van der Waals surface area (Å²) in [7, 11) is 0.513. The molecule has 1 aliphatic heterocycles. The lowest BCUT2D eigenvalue weighted by atomic mass is 9.94. The van der Waals surface area contributed by atoms with E-state index in [1.54, 1.807) is 25.1 Å². The second-order valence-electron chi connectivity index (χ2n) is 9.09. The minimum absolute atomic E-state index is 0.111. The number of nitrogens with one attached hydrogen (secondary N) is 2. The number of benzene rings is 2. The number of halogens is 1. The van der Waals surface area contributed by atoms with E-state index in [4.69, 9.17) is 9.15 Å². The van der Waals surface area contributed by atoms with E-state index < -0.39 is 27.7 Å². The number of likely N-dealkylation sites (tertiary alicyclic amines) is 1. The van der Waals surface area contributed by atoms with Crippen LogP contribution >= 0.6 is 0 Å². The van der Waals surface area contributed by atoms with Crippen molar-refractivity contribution in [1.82, 2.24) is 14.5 Å². The van der Waals surface area contributed by atoms with Crippen LogP contribution in [0.2, 0.25) is 0 Å². The maximum absolute atomic E-state index is 15.0. The Morgan fingerprint density at radius 2 is 1.95 bits per heavy atom. The van der Waals surface area contributed by atoms with Gasteiger partial charge in [-0.1, -0.05) is 12.1 Å². The number of carbonyl (C=O) groups excluding carboxylic acids is 1. The number of hydrogen-bond donors (Lipinski definition) is 2. The van der Waals surface area contributed by atoms with Gasteiger partial charge in [-0.3, -0.25) is 9.62 Å². The number of carbonyl (C=O) groups is 1. The van der Waals surface area contributed by atoms with Crippen molar-refractivity contribution in [2.24, 2.45) is 0 Å². The van der Waals surface area contributed by atoms with Crippen LogP contribution in [-0.4, -0.2) is 58.5 Å². The summed E-state index contributed by atoms with van der Waals surface area (Å²) in [5.74, 6) is -1.09. The molecular formula is C25H29FN4O6S. The number of nitrogens with zero attached hydrogens (tertiary/aromatic N) is 2. The molecule has 10 nitrogen and oxygen atoms in total. The van der Waals surface area contributed by atoms with Crippen LogP contribution in [0.1, 0.15) is 28.7 Å². The summed E-state index contributed by atoms with van der Waals surface area (Å²) in [6.07, 6.45) is 0.421. The van der Waals surface area contributed by atoms with Gasteiger partial charge in [-0.2, -0.15) is 8.42 Å². The smallest absolute Gasteiger partial charge is 0.414 e. The van der Waals surface area contributed by atoms with E-state index in [9.17, 15) is 18.0 Å². The van der Waals surface area contributed by atoms with Crippen molar-refractivity contribution in [2.75, 3.05) is 39.0 Å². The van der Waals surface area contributed by atoms with E-state index in [-0.39, 0.29) is 17.8 Å². The largest absolute Gasteiger partial charge is 0.422 e. The standard InChI is InChI=1S/C25H29FN4O6S/c1-15-16(7-5-8-21(15)28-37(33,34)27-2)11-18-19(14-30-9-6-10-30)17-12-20(26)23(36-25(32)29(3)4)13-22(17)35-24(18)31/h5,7-8,12-13,27-28H,6,9-11,14H2,1-4H3. The quantitative estimate of drug-likeness (QED) is 0.428. The zero-order valence-electron chi connectivity index (χ0n) is 21.1. The number of hydrogen-bond acceptors (Lipinski definition) is 7. The number of ether oxygens (including phenoxy) is 1. The van der Waals surface area contributed by atoms with E-state index in [0.717, 1.165) is 24.4 Å². The summed E-state index contributed by atoms with van der Waals surface area (Å²) >= 11 is 0. The van der Waals surface area contributed by atoms with Gasteiger partial charge in [0.05, 0.1) is 5.69 Å². The maximum atomic E-state index is 15.0. The van der Waals surface area contributed by atoms with Crippen LogP contribution in [0, 0.1) is 12.7 Å². The van der Waals surface area contributed by atoms with Gasteiger partial charge in [-0.15, -0.1) is 0 Å². The van der Waals surface area contributed by atoms with Crippen LogP contribution < -0.4 is 19.8 Å². The summed E-state index contributed by atoms with van der Waals surface area (Å²) in [5, 5.41) is 0.411. The SMILES string of the molecule is CNS(=O)(=O)Nc1cccc(Cc2c(CN3CCC3)c3cc(F)c(OC(=O)N(C)C)cc3oc2=O)c1C. The lowest BCUT2D eigenvalue weighted by molar-refractivity contribution is 0.170. The van der Waals surface area contributed by atoms with Crippen LogP contribution in [0.4, 0.5) is 14.9 Å². The van der Waals surface area contributed by atoms with Gasteiger partial charge in [0.15, 0.2) is 11.6 Å². The summed E-state index contributed by atoms with van der Waals surface area (Å²) < 4.78 is 54.4. The summed E-state index contributed by atoms with van der Waals surface area (Å²) in [6.45, 7) is 3.87. The lowest BCUT2D eigenvalue weighted by Gasteiger charge is -2.31. The minimum Gasteiger partial charge on any atom is -0.422 e. The van der Waals surface area contributed by atoms with Gasteiger partial charge in [0.25, 0.3) is 10.2 Å². The van der Waals surface area contributed by atoms with E-state index in [1.807, 2.05) is 0 Å². The van der Waals surface area contributed by atoms with Gasteiger partial charge in [0.2, 0.25) is 0 Å². The molecule has 0 radical (unpaired) electrons. The monoisotopic (exact) mass is 532 g/mol. The van der Waals surface area contributed by atoms with E-state index >= 15 is 4.39 Å². The molecule has 1 amide bonds. The molecule has 3 aromatic rings. The molecule has 37 heavy (non-hydrogen) atoms. The first-order valence-corrected chi connectivity index (χ1v) is 13.2. The van der Waals surface area contributed by atoms with Crippen LogP contribution in [-0.2, 0) is 23.2 Å². The third-order valence-corrected chi connectivity index (χ3v) is 7.42. The molecule has 2 heterocycles. The van der Waals surface area contributed by atoms with Gasteiger partial charge in [0, 0.05) is 51.1 Å². The first kappa shape index (κ1) is 26.6. The molecule has 0 saturated carbocycles. The van der Waals surface area contributed by atoms with Crippen LogP contribution in [0.3, 0.4) is 0 Å².